The Morgan fingerprint density at radius 3 is 1.73 bits per heavy atom. The first-order valence-electron chi connectivity index (χ1n) is 18.7. The van der Waals surface area contributed by atoms with E-state index in [1.54, 1.807) is 0 Å². The van der Waals surface area contributed by atoms with Crippen LogP contribution in [0.15, 0.2) is 200 Å². The van der Waals surface area contributed by atoms with Gasteiger partial charge in [0.25, 0.3) is 0 Å². The summed E-state index contributed by atoms with van der Waals surface area (Å²) in [5.74, 6) is 0. The SMILES string of the molecule is c1ccc(-c2ccc3c(sc4ccccc43)c2N(c2ccc(-c3ccc(-c4ccc5ccccc5c4)cc3)cc2)c2cccc3sc4ccccc4c23)cc1. The number of anilines is 3. The molecule has 0 spiro atoms. The van der Waals surface area contributed by atoms with Crippen LogP contribution in [0.1, 0.15) is 0 Å². The smallest absolute Gasteiger partial charge is 0.0718 e. The molecule has 0 atom stereocenters. The Labute approximate surface area is 327 Å². The second kappa shape index (κ2) is 13.1. The number of thiophene rings is 2. The average molecular weight is 736 g/mol. The van der Waals surface area contributed by atoms with Crippen molar-refractivity contribution >= 4 is 90.9 Å². The van der Waals surface area contributed by atoms with Gasteiger partial charge in [0.2, 0.25) is 0 Å². The second-order valence-corrected chi connectivity index (χ2v) is 16.2. The van der Waals surface area contributed by atoms with Crippen LogP contribution < -0.4 is 4.90 Å². The number of nitrogens with zero attached hydrogens (tertiary/aromatic N) is 1. The fourth-order valence-corrected chi connectivity index (χ4v) is 10.6. The van der Waals surface area contributed by atoms with Crippen LogP contribution in [0.5, 0.6) is 0 Å². The van der Waals surface area contributed by atoms with E-state index in [-0.39, 0.29) is 0 Å². The highest BCUT2D eigenvalue weighted by atomic mass is 32.1. The zero-order valence-corrected chi connectivity index (χ0v) is 31.4. The summed E-state index contributed by atoms with van der Waals surface area (Å²) in [6.07, 6.45) is 0. The van der Waals surface area contributed by atoms with Crippen molar-refractivity contribution in [3.8, 4) is 33.4 Å². The van der Waals surface area contributed by atoms with Gasteiger partial charge in [0.05, 0.1) is 16.1 Å². The number of fused-ring (bicyclic) bond motifs is 7. The molecule has 0 saturated carbocycles. The molecule has 0 N–H and O–H groups in total. The highest BCUT2D eigenvalue weighted by Gasteiger charge is 2.25. The van der Waals surface area contributed by atoms with Crippen molar-refractivity contribution in [2.75, 3.05) is 4.90 Å². The lowest BCUT2D eigenvalue weighted by Crippen LogP contribution is -2.12. The minimum atomic E-state index is 1.13. The predicted molar refractivity (Wildman–Crippen MR) is 241 cm³/mol. The Balaban J connectivity index is 1.10. The van der Waals surface area contributed by atoms with Crippen molar-refractivity contribution < 1.29 is 0 Å². The standard InChI is InChI=1S/C52H33NS2/c1-2-12-38(13-3-1)42-31-32-44-43-15-6-8-18-47(43)55-52(44)51(42)53(46-17-10-20-49-50(46)45-16-7-9-19-48(45)54-49)41-29-27-36(28-30-41)35-21-23-37(24-22-35)40-26-25-34-11-4-5-14-39(34)33-40/h1-33H. The Bertz CT molecular complexity index is 3190. The first-order valence-corrected chi connectivity index (χ1v) is 20.3. The van der Waals surface area contributed by atoms with E-state index in [1.165, 1.54) is 95.9 Å². The molecule has 0 saturated heterocycles. The van der Waals surface area contributed by atoms with Crippen LogP contribution in [0.25, 0.3) is 84.5 Å². The van der Waals surface area contributed by atoms with Gasteiger partial charge in [-0.1, -0.05) is 158 Å². The summed E-state index contributed by atoms with van der Waals surface area (Å²) in [6.45, 7) is 0. The summed E-state index contributed by atoms with van der Waals surface area (Å²) in [4.78, 5) is 2.54. The third-order valence-electron chi connectivity index (χ3n) is 10.9. The quantitative estimate of drug-likeness (QED) is 0.164. The summed E-state index contributed by atoms with van der Waals surface area (Å²) in [6, 6.07) is 73.4. The monoisotopic (exact) mass is 735 g/mol. The first kappa shape index (κ1) is 32.0. The molecule has 0 aliphatic rings. The largest absolute Gasteiger partial charge is 0.308 e. The second-order valence-electron chi connectivity index (χ2n) is 14.1. The Morgan fingerprint density at radius 1 is 0.345 bits per heavy atom. The number of benzene rings is 9. The zero-order chi connectivity index (χ0) is 36.3. The van der Waals surface area contributed by atoms with Crippen molar-refractivity contribution in [2.24, 2.45) is 0 Å². The molecule has 0 bridgehead atoms. The van der Waals surface area contributed by atoms with E-state index in [1.807, 2.05) is 22.7 Å². The van der Waals surface area contributed by atoms with Gasteiger partial charge in [0.15, 0.2) is 0 Å². The fourth-order valence-electron chi connectivity index (χ4n) is 8.21. The van der Waals surface area contributed by atoms with E-state index in [4.69, 9.17) is 0 Å². The molecule has 3 heteroatoms. The maximum absolute atomic E-state index is 2.54. The van der Waals surface area contributed by atoms with Crippen LogP contribution in [0.2, 0.25) is 0 Å². The lowest BCUT2D eigenvalue weighted by atomic mass is 9.97. The van der Waals surface area contributed by atoms with Crippen molar-refractivity contribution in [3.63, 3.8) is 0 Å². The summed E-state index contributed by atoms with van der Waals surface area (Å²) in [7, 11) is 0. The molecule has 0 fully saturated rings. The maximum Gasteiger partial charge on any atom is 0.0718 e. The van der Waals surface area contributed by atoms with E-state index in [2.05, 4.69) is 205 Å². The van der Waals surface area contributed by atoms with Gasteiger partial charge in [-0.15, -0.1) is 22.7 Å². The molecule has 9 aromatic carbocycles. The van der Waals surface area contributed by atoms with Gasteiger partial charge in [0, 0.05) is 46.9 Å². The Kier molecular flexibility index (Phi) is 7.61. The van der Waals surface area contributed by atoms with E-state index >= 15 is 0 Å². The van der Waals surface area contributed by atoms with Crippen LogP contribution in [-0.4, -0.2) is 0 Å². The van der Waals surface area contributed by atoms with Crippen molar-refractivity contribution in [3.05, 3.63) is 200 Å². The number of hydrogen-bond acceptors (Lipinski definition) is 3. The van der Waals surface area contributed by atoms with Gasteiger partial charge < -0.3 is 4.90 Å². The predicted octanol–water partition coefficient (Wildman–Crippen LogP) is 16.0. The summed E-state index contributed by atoms with van der Waals surface area (Å²) in [5.41, 5.74) is 10.8. The summed E-state index contributed by atoms with van der Waals surface area (Å²) < 4.78 is 5.17. The molecule has 2 aromatic heterocycles. The maximum atomic E-state index is 2.54. The highest BCUT2D eigenvalue weighted by molar-refractivity contribution is 7.26. The number of rotatable bonds is 6. The topological polar surface area (TPSA) is 3.24 Å². The molecule has 0 amide bonds. The minimum Gasteiger partial charge on any atom is -0.308 e. The number of hydrogen-bond donors (Lipinski definition) is 0. The Morgan fingerprint density at radius 2 is 0.945 bits per heavy atom. The van der Waals surface area contributed by atoms with Crippen LogP contribution in [0.4, 0.5) is 17.1 Å². The average Bonchev–Trinajstić information content (AvgIpc) is 3.83. The molecule has 55 heavy (non-hydrogen) atoms. The minimum absolute atomic E-state index is 1.13. The van der Waals surface area contributed by atoms with Gasteiger partial charge in [-0.2, -0.15) is 0 Å². The molecule has 11 rings (SSSR count). The molecule has 0 aliphatic carbocycles. The molecule has 258 valence electrons. The molecule has 1 nitrogen and oxygen atoms in total. The molecular weight excluding hydrogens is 703 g/mol. The van der Waals surface area contributed by atoms with Gasteiger partial charge in [-0.3, -0.25) is 0 Å². The van der Waals surface area contributed by atoms with Gasteiger partial charge >= 0.3 is 0 Å². The van der Waals surface area contributed by atoms with E-state index < -0.39 is 0 Å². The van der Waals surface area contributed by atoms with Gasteiger partial charge in [-0.05, 0) is 81.1 Å². The van der Waals surface area contributed by atoms with Crippen molar-refractivity contribution in [1.29, 1.82) is 0 Å². The normalized spacial score (nSPS) is 11.6. The molecule has 0 unspecified atom stereocenters. The zero-order valence-electron chi connectivity index (χ0n) is 29.8. The third-order valence-corrected chi connectivity index (χ3v) is 13.2. The summed E-state index contributed by atoms with van der Waals surface area (Å²) >= 11 is 3.75. The lowest BCUT2D eigenvalue weighted by Gasteiger charge is -2.29. The molecule has 0 aliphatic heterocycles. The van der Waals surface area contributed by atoms with E-state index in [9.17, 15) is 0 Å². The molecule has 11 aromatic rings. The van der Waals surface area contributed by atoms with Crippen LogP contribution in [0, 0.1) is 0 Å². The first-order chi connectivity index (χ1) is 27.3. The van der Waals surface area contributed by atoms with Crippen molar-refractivity contribution in [2.45, 2.75) is 0 Å². The Hall–Kier alpha value is -6.52. The third kappa shape index (κ3) is 5.43. The van der Waals surface area contributed by atoms with Gasteiger partial charge in [-0.25, -0.2) is 0 Å². The van der Waals surface area contributed by atoms with Crippen molar-refractivity contribution in [1.82, 2.24) is 0 Å². The highest BCUT2D eigenvalue weighted by Crippen LogP contribution is 2.52. The van der Waals surface area contributed by atoms with Gasteiger partial charge in [0.1, 0.15) is 0 Å². The van der Waals surface area contributed by atoms with E-state index in [0.29, 0.717) is 0 Å². The lowest BCUT2D eigenvalue weighted by molar-refractivity contribution is 1.32. The molecular formula is C52H33NS2. The van der Waals surface area contributed by atoms with Crippen LogP contribution >= 0.6 is 22.7 Å². The fraction of sp³-hybridized carbons (Fsp3) is 0. The molecule has 0 radical (unpaired) electrons. The summed E-state index contributed by atoms with van der Waals surface area (Å²) in [5, 5.41) is 7.68. The molecule has 2 heterocycles. The van der Waals surface area contributed by atoms with E-state index in [0.717, 1.165) is 5.69 Å². The van der Waals surface area contributed by atoms with Crippen LogP contribution in [0.3, 0.4) is 0 Å². The van der Waals surface area contributed by atoms with Crippen LogP contribution in [-0.2, 0) is 0 Å².